The lowest BCUT2D eigenvalue weighted by atomic mass is 10.1. The molecule has 0 N–H and O–H groups in total. The number of carboxylic acid groups (broad SMARTS) is 1. The second-order valence-electron chi connectivity index (χ2n) is 5.56. The minimum absolute atomic E-state index is 0.00783. The number of non-ortho nitro benzene ring substituents is 1. The van der Waals surface area contributed by atoms with Crippen LogP contribution in [0.3, 0.4) is 0 Å². The normalized spacial score (nSPS) is 10.6. The van der Waals surface area contributed by atoms with Crippen molar-refractivity contribution < 1.29 is 14.8 Å². The maximum atomic E-state index is 10.9. The maximum Gasteiger partial charge on any atom is 0.269 e. The molecule has 126 valence electrons. The Morgan fingerprint density at radius 3 is 2.24 bits per heavy atom. The van der Waals surface area contributed by atoms with E-state index < -0.39 is 10.9 Å². The third kappa shape index (κ3) is 3.58. The van der Waals surface area contributed by atoms with Crippen LogP contribution in [0.4, 0.5) is 5.69 Å². The van der Waals surface area contributed by atoms with Crippen LogP contribution in [-0.2, 0) is 11.2 Å². The summed E-state index contributed by atoms with van der Waals surface area (Å²) in [5, 5.41) is 21.7. The molecule has 3 aromatic rings. The molecule has 6 nitrogen and oxygen atoms in total. The van der Waals surface area contributed by atoms with Crippen LogP contribution in [0.1, 0.15) is 12.1 Å². The predicted octanol–water partition coefficient (Wildman–Crippen LogP) is 2.74. The Balaban J connectivity index is 2.08. The minimum atomic E-state index is -1.11. The third-order valence-corrected chi connectivity index (χ3v) is 3.94. The second-order valence-corrected chi connectivity index (χ2v) is 5.56. The first-order valence-corrected chi connectivity index (χ1v) is 7.77. The highest BCUT2D eigenvalue weighted by atomic mass is 16.6. The van der Waals surface area contributed by atoms with Crippen LogP contribution in [-0.4, -0.2) is 15.5 Å². The summed E-state index contributed by atoms with van der Waals surface area (Å²) in [7, 11) is 0. The molecule has 6 heteroatoms. The molecule has 0 bridgehead atoms. The van der Waals surface area contributed by atoms with Gasteiger partial charge in [-0.3, -0.25) is 10.1 Å². The number of carbonyl (C=O) groups excluding carboxylic acids is 1. The highest BCUT2D eigenvalue weighted by Crippen LogP contribution is 2.28. The zero-order valence-electron chi connectivity index (χ0n) is 13.3. The number of carboxylic acids is 1. The molecule has 0 spiro atoms. The lowest BCUT2D eigenvalue weighted by Gasteiger charge is -2.14. The molecule has 1 aromatic heterocycles. The minimum Gasteiger partial charge on any atom is -0.550 e. The summed E-state index contributed by atoms with van der Waals surface area (Å²) in [4.78, 5) is 21.2. The predicted molar refractivity (Wildman–Crippen MR) is 91.2 cm³/mol. The SMILES string of the molecule is O=C([O-])CCc1ccc(-c2ccccc2)n1-c1ccc([N+](=O)[O-])cc1. The molecular formula is C19H15N2O4-. The van der Waals surface area contributed by atoms with Gasteiger partial charge in [0.25, 0.3) is 5.69 Å². The van der Waals surface area contributed by atoms with Crippen LogP contribution in [0.5, 0.6) is 0 Å². The monoisotopic (exact) mass is 335 g/mol. The maximum absolute atomic E-state index is 10.9. The topological polar surface area (TPSA) is 88.2 Å². The summed E-state index contributed by atoms with van der Waals surface area (Å²) in [6.07, 6.45) is 0.220. The summed E-state index contributed by atoms with van der Waals surface area (Å²) in [5.74, 6) is -1.11. The number of rotatable bonds is 6. The first-order valence-electron chi connectivity index (χ1n) is 7.77. The number of aromatic nitrogens is 1. The molecule has 0 aliphatic heterocycles. The van der Waals surface area contributed by atoms with E-state index in [1.54, 1.807) is 12.1 Å². The van der Waals surface area contributed by atoms with Gasteiger partial charge in [-0.2, -0.15) is 0 Å². The average Bonchev–Trinajstić information content (AvgIpc) is 3.04. The first-order chi connectivity index (χ1) is 12.1. The van der Waals surface area contributed by atoms with Gasteiger partial charge in [0, 0.05) is 29.5 Å². The van der Waals surface area contributed by atoms with Crippen molar-refractivity contribution in [3.05, 3.63) is 82.5 Å². The highest BCUT2D eigenvalue weighted by molar-refractivity contribution is 5.66. The van der Waals surface area contributed by atoms with E-state index in [-0.39, 0.29) is 12.1 Å². The van der Waals surface area contributed by atoms with Gasteiger partial charge in [0.1, 0.15) is 0 Å². The van der Waals surface area contributed by atoms with Gasteiger partial charge in [-0.1, -0.05) is 30.3 Å². The van der Waals surface area contributed by atoms with Crippen molar-refractivity contribution in [1.82, 2.24) is 4.57 Å². The fourth-order valence-corrected chi connectivity index (χ4v) is 2.77. The van der Waals surface area contributed by atoms with Crippen molar-refractivity contribution in [2.75, 3.05) is 0 Å². The highest BCUT2D eigenvalue weighted by Gasteiger charge is 2.13. The van der Waals surface area contributed by atoms with E-state index in [2.05, 4.69) is 0 Å². The number of hydrogen-bond donors (Lipinski definition) is 0. The van der Waals surface area contributed by atoms with Crippen LogP contribution in [0.2, 0.25) is 0 Å². The van der Waals surface area contributed by atoms with Crippen LogP contribution in [0.25, 0.3) is 16.9 Å². The van der Waals surface area contributed by atoms with Crippen molar-refractivity contribution in [2.24, 2.45) is 0 Å². The summed E-state index contributed by atoms with van der Waals surface area (Å²) in [6.45, 7) is 0. The van der Waals surface area contributed by atoms with Crippen LogP contribution in [0, 0.1) is 10.1 Å². The molecule has 1 heterocycles. The Morgan fingerprint density at radius 2 is 1.64 bits per heavy atom. The average molecular weight is 335 g/mol. The van der Waals surface area contributed by atoms with Gasteiger partial charge in [0.15, 0.2) is 0 Å². The number of aryl methyl sites for hydroxylation is 1. The van der Waals surface area contributed by atoms with Crippen LogP contribution >= 0.6 is 0 Å². The van der Waals surface area contributed by atoms with Crippen molar-refractivity contribution in [1.29, 1.82) is 0 Å². The molecule has 0 aliphatic rings. The molecular weight excluding hydrogens is 320 g/mol. The molecule has 0 saturated heterocycles. The zero-order valence-corrected chi connectivity index (χ0v) is 13.3. The molecule has 0 radical (unpaired) electrons. The van der Waals surface area contributed by atoms with Crippen molar-refractivity contribution in [3.8, 4) is 16.9 Å². The van der Waals surface area contributed by atoms with E-state index in [1.165, 1.54) is 12.1 Å². The fourth-order valence-electron chi connectivity index (χ4n) is 2.77. The smallest absolute Gasteiger partial charge is 0.269 e. The third-order valence-electron chi connectivity index (χ3n) is 3.94. The van der Waals surface area contributed by atoms with E-state index in [4.69, 9.17) is 0 Å². The van der Waals surface area contributed by atoms with E-state index >= 15 is 0 Å². The van der Waals surface area contributed by atoms with Gasteiger partial charge >= 0.3 is 0 Å². The number of carbonyl (C=O) groups is 1. The van der Waals surface area contributed by atoms with Gasteiger partial charge < -0.3 is 14.5 Å². The summed E-state index contributed by atoms with van der Waals surface area (Å²) < 4.78 is 1.92. The Morgan fingerprint density at radius 1 is 0.960 bits per heavy atom. The zero-order chi connectivity index (χ0) is 17.8. The molecule has 3 rings (SSSR count). The standard InChI is InChI=1S/C19H16N2O4/c22-19(23)13-11-16-10-12-18(14-4-2-1-3-5-14)20(16)15-6-8-17(9-7-15)21(24)25/h1-10,12H,11,13H2,(H,22,23)/p-1. The summed E-state index contributed by atoms with van der Waals surface area (Å²) in [5.41, 5.74) is 3.41. The number of aliphatic carboxylic acids is 1. The van der Waals surface area contributed by atoms with Crippen LogP contribution in [0.15, 0.2) is 66.7 Å². The summed E-state index contributed by atoms with van der Waals surface area (Å²) >= 11 is 0. The second kappa shape index (κ2) is 7.00. The molecule has 2 aromatic carbocycles. The van der Waals surface area contributed by atoms with E-state index in [0.717, 1.165) is 22.6 Å². The first kappa shape index (κ1) is 16.4. The lowest BCUT2D eigenvalue weighted by molar-refractivity contribution is -0.384. The molecule has 0 amide bonds. The molecule has 0 fully saturated rings. The quantitative estimate of drug-likeness (QED) is 0.512. The largest absolute Gasteiger partial charge is 0.550 e. The van der Waals surface area contributed by atoms with Crippen LogP contribution < -0.4 is 5.11 Å². The van der Waals surface area contributed by atoms with Gasteiger partial charge in [0.2, 0.25) is 0 Å². The molecule has 0 atom stereocenters. The number of hydrogen-bond acceptors (Lipinski definition) is 4. The van der Waals surface area contributed by atoms with Gasteiger partial charge in [-0.05, 0) is 42.7 Å². The lowest BCUT2D eigenvalue weighted by Crippen LogP contribution is -2.22. The number of nitro benzene ring substituents is 1. The number of nitro groups is 1. The van der Waals surface area contributed by atoms with Crippen molar-refractivity contribution >= 4 is 11.7 Å². The Hall–Kier alpha value is -3.41. The Kier molecular flexibility index (Phi) is 4.61. The van der Waals surface area contributed by atoms with E-state index in [0.29, 0.717) is 6.42 Å². The van der Waals surface area contributed by atoms with Gasteiger partial charge in [-0.15, -0.1) is 0 Å². The molecule has 0 unspecified atom stereocenters. The number of benzene rings is 2. The van der Waals surface area contributed by atoms with E-state index in [9.17, 15) is 20.0 Å². The van der Waals surface area contributed by atoms with Gasteiger partial charge in [-0.25, -0.2) is 0 Å². The van der Waals surface area contributed by atoms with Gasteiger partial charge in [0.05, 0.1) is 10.6 Å². The van der Waals surface area contributed by atoms with Crippen molar-refractivity contribution in [3.63, 3.8) is 0 Å². The molecule has 25 heavy (non-hydrogen) atoms. The van der Waals surface area contributed by atoms with Crippen molar-refractivity contribution in [2.45, 2.75) is 12.8 Å². The molecule has 0 saturated carbocycles. The number of nitrogens with zero attached hydrogens (tertiary/aromatic N) is 2. The Labute approximate surface area is 144 Å². The Bertz CT molecular complexity index is 899. The fraction of sp³-hybridized carbons (Fsp3) is 0.105. The summed E-state index contributed by atoms with van der Waals surface area (Å²) in [6, 6.07) is 19.7. The van der Waals surface area contributed by atoms with E-state index in [1.807, 2.05) is 47.0 Å². The molecule has 0 aliphatic carbocycles.